The van der Waals surface area contributed by atoms with Crippen LogP contribution in [0.4, 0.5) is 18.9 Å². The lowest BCUT2D eigenvalue weighted by Crippen LogP contribution is -2.45. The number of hydrogen-bond donors (Lipinski definition) is 1. The van der Waals surface area contributed by atoms with Crippen molar-refractivity contribution >= 4 is 15.5 Å². The van der Waals surface area contributed by atoms with E-state index in [0.29, 0.717) is 12.2 Å². The summed E-state index contributed by atoms with van der Waals surface area (Å²) in [4.78, 5) is 1.63. The second-order valence-electron chi connectivity index (χ2n) is 6.62. The highest BCUT2D eigenvalue weighted by Crippen LogP contribution is 2.30. The highest BCUT2D eigenvalue weighted by molar-refractivity contribution is 7.92. The van der Waals surface area contributed by atoms with Crippen LogP contribution in [0.25, 0.3) is 0 Å². The Bertz CT molecular complexity index is 667. The van der Waals surface area contributed by atoms with Crippen molar-refractivity contribution in [2.24, 2.45) is 0 Å². The van der Waals surface area contributed by atoms with Crippen LogP contribution in [0.3, 0.4) is 0 Å². The molecule has 1 saturated heterocycles. The van der Waals surface area contributed by atoms with E-state index < -0.39 is 20.2 Å². The van der Waals surface area contributed by atoms with E-state index in [2.05, 4.69) is 24.1 Å². The molecule has 2 atom stereocenters. The van der Waals surface area contributed by atoms with Crippen LogP contribution < -0.4 is 5.32 Å². The van der Waals surface area contributed by atoms with Crippen LogP contribution in [-0.2, 0) is 14.6 Å². The molecule has 0 aromatic heterocycles. The summed E-state index contributed by atoms with van der Waals surface area (Å²) in [7, 11) is -5.29. The summed E-state index contributed by atoms with van der Waals surface area (Å²) in [5, 5.41) is 3.10. The molecular weight excluding hydrogens is 369 g/mol. The Morgan fingerprint density at radius 2 is 1.69 bits per heavy atom. The minimum Gasteiger partial charge on any atom is -0.385 e. The van der Waals surface area contributed by atoms with Gasteiger partial charge in [-0.1, -0.05) is 0 Å². The standard InChI is InChI=1S/C17H25F3N2O3S/c1-13-11-22(12-14(2)25-13)10-4-3-9-21-15-5-7-16(8-6-15)26(23,24)17(18,19)20/h5-8,13-14,21H,3-4,9-12H2,1-2H3. The van der Waals surface area contributed by atoms with Crippen LogP contribution in [0, 0.1) is 0 Å². The highest BCUT2D eigenvalue weighted by atomic mass is 32.2. The number of rotatable bonds is 7. The van der Waals surface area contributed by atoms with E-state index in [4.69, 9.17) is 4.74 Å². The molecule has 1 aromatic rings. The molecule has 1 N–H and O–H groups in total. The molecule has 2 unspecified atom stereocenters. The van der Waals surface area contributed by atoms with Crippen molar-refractivity contribution in [3.8, 4) is 0 Å². The average Bonchev–Trinajstić information content (AvgIpc) is 2.53. The predicted octanol–water partition coefficient (Wildman–Crippen LogP) is 3.28. The number of alkyl halides is 3. The van der Waals surface area contributed by atoms with Crippen LogP contribution in [0.2, 0.25) is 0 Å². The zero-order chi connectivity index (χ0) is 19.4. The Hall–Kier alpha value is -1.32. The van der Waals surface area contributed by atoms with E-state index in [0.717, 1.165) is 44.6 Å². The van der Waals surface area contributed by atoms with Gasteiger partial charge in [-0.3, -0.25) is 4.90 Å². The first kappa shape index (κ1) is 21.0. The lowest BCUT2D eigenvalue weighted by molar-refractivity contribution is -0.0681. The molecule has 1 heterocycles. The molecule has 26 heavy (non-hydrogen) atoms. The number of benzene rings is 1. The van der Waals surface area contributed by atoms with Crippen molar-refractivity contribution in [2.75, 3.05) is 31.5 Å². The third-order valence-electron chi connectivity index (χ3n) is 4.19. The van der Waals surface area contributed by atoms with Gasteiger partial charge in [0.1, 0.15) is 0 Å². The van der Waals surface area contributed by atoms with Gasteiger partial charge in [-0.15, -0.1) is 0 Å². The average molecular weight is 394 g/mol. The maximum Gasteiger partial charge on any atom is 0.501 e. The molecule has 1 fully saturated rings. The Morgan fingerprint density at radius 1 is 1.12 bits per heavy atom. The summed E-state index contributed by atoms with van der Waals surface area (Å²) < 4.78 is 65.8. The van der Waals surface area contributed by atoms with Crippen molar-refractivity contribution in [2.45, 2.75) is 49.3 Å². The number of anilines is 1. The first-order valence-electron chi connectivity index (χ1n) is 8.62. The molecule has 0 bridgehead atoms. The van der Waals surface area contributed by atoms with E-state index in [1.54, 1.807) is 0 Å². The van der Waals surface area contributed by atoms with E-state index in [1.807, 2.05) is 0 Å². The van der Waals surface area contributed by atoms with Crippen LogP contribution >= 0.6 is 0 Å². The van der Waals surface area contributed by atoms with Crippen molar-refractivity contribution in [1.29, 1.82) is 0 Å². The number of nitrogens with zero attached hydrogens (tertiary/aromatic N) is 1. The van der Waals surface area contributed by atoms with Crippen LogP contribution in [0.1, 0.15) is 26.7 Å². The molecule has 2 rings (SSSR count). The van der Waals surface area contributed by atoms with E-state index >= 15 is 0 Å². The van der Waals surface area contributed by atoms with Gasteiger partial charge in [0, 0.05) is 25.3 Å². The third kappa shape index (κ3) is 5.59. The summed E-state index contributed by atoms with van der Waals surface area (Å²) in [6.45, 7) is 7.61. The van der Waals surface area contributed by atoms with Gasteiger partial charge in [-0.25, -0.2) is 8.42 Å². The van der Waals surface area contributed by atoms with Crippen molar-refractivity contribution in [3.63, 3.8) is 0 Å². The van der Waals surface area contributed by atoms with E-state index in [-0.39, 0.29) is 12.2 Å². The zero-order valence-corrected chi connectivity index (χ0v) is 15.7. The van der Waals surface area contributed by atoms with Gasteiger partial charge < -0.3 is 10.1 Å². The molecule has 0 saturated carbocycles. The zero-order valence-electron chi connectivity index (χ0n) is 14.9. The molecule has 5 nitrogen and oxygen atoms in total. The second kappa shape index (κ2) is 8.58. The van der Waals surface area contributed by atoms with Crippen molar-refractivity contribution in [3.05, 3.63) is 24.3 Å². The Balaban J connectivity index is 1.73. The Morgan fingerprint density at radius 3 is 2.23 bits per heavy atom. The molecule has 1 aromatic carbocycles. The highest BCUT2D eigenvalue weighted by Gasteiger charge is 2.46. The lowest BCUT2D eigenvalue weighted by atomic mass is 10.2. The van der Waals surface area contributed by atoms with Crippen LogP contribution in [-0.4, -0.2) is 57.2 Å². The minimum absolute atomic E-state index is 0.239. The smallest absolute Gasteiger partial charge is 0.385 e. The van der Waals surface area contributed by atoms with Gasteiger partial charge in [0.05, 0.1) is 17.1 Å². The number of hydrogen-bond acceptors (Lipinski definition) is 5. The molecule has 148 valence electrons. The summed E-state index contributed by atoms with van der Waals surface area (Å²) >= 11 is 0. The van der Waals surface area contributed by atoms with Gasteiger partial charge in [0.2, 0.25) is 0 Å². The largest absolute Gasteiger partial charge is 0.501 e. The van der Waals surface area contributed by atoms with Crippen molar-refractivity contribution < 1.29 is 26.3 Å². The fraction of sp³-hybridized carbons (Fsp3) is 0.647. The van der Waals surface area contributed by atoms with Gasteiger partial charge in [0.15, 0.2) is 0 Å². The SMILES string of the molecule is CC1CN(CCCCNc2ccc(S(=O)(=O)C(F)(F)F)cc2)CC(C)O1. The van der Waals surface area contributed by atoms with E-state index in [1.165, 1.54) is 12.1 Å². The molecule has 1 aliphatic rings. The normalized spacial score (nSPS) is 22.3. The maximum atomic E-state index is 12.5. The Kier molecular flexibility index (Phi) is 6.92. The fourth-order valence-electron chi connectivity index (χ4n) is 3.05. The second-order valence-corrected chi connectivity index (χ2v) is 8.57. The van der Waals surface area contributed by atoms with Crippen LogP contribution in [0.5, 0.6) is 0 Å². The number of ether oxygens (including phenoxy) is 1. The maximum absolute atomic E-state index is 12.5. The number of sulfone groups is 1. The summed E-state index contributed by atoms with van der Waals surface area (Å²) in [6, 6.07) is 4.65. The quantitative estimate of drug-likeness (QED) is 0.720. The minimum atomic E-state index is -5.29. The van der Waals surface area contributed by atoms with Gasteiger partial charge >= 0.3 is 5.51 Å². The van der Waals surface area contributed by atoms with Gasteiger partial charge in [-0.2, -0.15) is 13.2 Å². The summed E-state index contributed by atoms with van der Waals surface area (Å²) in [6.07, 6.45) is 2.38. The molecule has 0 amide bonds. The number of unbranched alkanes of at least 4 members (excludes halogenated alkanes) is 1. The molecule has 0 radical (unpaired) electrons. The van der Waals surface area contributed by atoms with E-state index in [9.17, 15) is 21.6 Å². The first-order chi connectivity index (χ1) is 12.1. The number of nitrogens with one attached hydrogen (secondary N) is 1. The lowest BCUT2D eigenvalue weighted by Gasteiger charge is -2.35. The monoisotopic (exact) mass is 394 g/mol. The van der Waals surface area contributed by atoms with Crippen LogP contribution in [0.15, 0.2) is 29.2 Å². The first-order valence-corrected chi connectivity index (χ1v) is 10.1. The van der Waals surface area contributed by atoms with Gasteiger partial charge in [-0.05, 0) is 57.5 Å². The summed E-state index contributed by atoms with van der Waals surface area (Å²) in [5.74, 6) is 0. The Labute approximate surface area is 152 Å². The van der Waals surface area contributed by atoms with Crippen molar-refractivity contribution in [1.82, 2.24) is 4.90 Å². The predicted molar refractivity (Wildman–Crippen MR) is 93.9 cm³/mol. The molecular formula is C17H25F3N2O3S. The molecule has 9 heteroatoms. The topological polar surface area (TPSA) is 58.6 Å². The molecule has 0 aliphatic carbocycles. The summed E-state index contributed by atoms with van der Waals surface area (Å²) in [5.41, 5.74) is -4.68. The molecule has 1 aliphatic heterocycles. The fourth-order valence-corrected chi connectivity index (χ4v) is 3.81. The van der Waals surface area contributed by atoms with Gasteiger partial charge in [0.25, 0.3) is 9.84 Å². The third-order valence-corrected chi connectivity index (χ3v) is 5.70. The number of halogens is 3. The number of morpholine rings is 1. The molecule has 0 spiro atoms.